The SMILES string of the molecule is CCn1nnc(C(N)=S)c1CC1CC1. The molecule has 2 N–H and O–H groups in total. The normalized spacial score (nSPS) is 15.8. The summed E-state index contributed by atoms with van der Waals surface area (Å²) in [7, 11) is 0. The molecular formula is C9H14N4S. The van der Waals surface area contributed by atoms with Gasteiger partial charge in [-0.15, -0.1) is 5.10 Å². The van der Waals surface area contributed by atoms with Crippen molar-refractivity contribution < 1.29 is 0 Å². The van der Waals surface area contributed by atoms with Gasteiger partial charge in [0, 0.05) is 6.54 Å². The molecule has 1 heterocycles. The number of thiocarbonyl (C=S) groups is 1. The van der Waals surface area contributed by atoms with E-state index < -0.39 is 0 Å². The highest BCUT2D eigenvalue weighted by molar-refractivity contribution is 7.80. The summed E-state index contributed by atoms with van der Waals surface area (Å²) < 4.78 is 1.90. The van der Waals surface area contributed by atoms with Gasteiger partial charge in [-0.2, -0.15) is 0 Å². The van der Waals surface area contributed by atoms with Crippen molar-refractivity contribution in [2.45, 2.75) is 32.7 Å². The molecule has 5 heteroatoms. The third kappa shape index (κ3) is 1.77. The maximum atomic E-state index is 5.59. The summed E-state index contributed by atoms with van der Waals surface area (Å²) in [5.41, 5.74) is 7.42. The molecule has 1 aromatic heterocycles. The Morgan fingerprint density at radius 2 is 2.36 bits per heavy atom. The van der Waals surface area contributed by atoms with Gasteiger partial charge in [-0.25, -0.2) is 4.68 Å². The maximum absolute atomic E-state index is 5.59. The molecule has 0 atom stereocenters. The molecule has 0 aromatic carbocycles. The summed E-state index contributed by atoms with van der Waals surface area (Å²) in [6, 6.07) is 0. The number of aryl methyl sites for hydroxylation is 1. The van der Waals surface area contributed by atoms with Crippen LogP contribution in [0.3, 0.4) is 0 Å². The highest BCUT2D eigenvalue weighted by Gasteiger charge is 2.26. The van der Waals surface area contributed by atoms with Crippen LogP contribution in [0.5, 0.6) is 0 Å². The first-order valence-electron chi connectivity index (χ1n) is 4.94. The molecule has 1 aromatic rings. The first kappa shape index (κ1) is 9.58. The Labute approximate surface area is 88.5 Å². The van der Waals surface area contributed by atoms with Gasteiger partial charge in [-0.3, -0.25) is 0 Å². The van der Waals surface area contributed by atoms with Crippen LogP contribution in [0.2, 0.25) is 0 Å². The van der Waals surface area contributed by atoms with Crippen LogP contribution in [-0.4, -0.2) is 20.0 Å². The van der Waals surface area contributed by atoms with Crippen molar-refractivity contribution in [3.8, 4) is 0 Å². The van der Waals surface area contributed by atoms with Crippen molar-refractivity contribution in [3.05, 3.63) is 11.4 Å². The monoisotopic (exact) mass is 210 g/mol. The standard InChI is InChI=1S/C9H14N4S/c1-2-13-7(5-6-3-4-6)8(9(10)14)11-12-13/h6H,2-5H2,1H3,(H2,10,14). The van der Waals surface area contributed by atoms with Crippen LogP contribution in [0.25, 0.3) is 0 Å². The van der Waals surface area contributed by atoms with E-state index in [4.69, 9.17) is 18.0 Å². The molecule has 0 unspecified atom stereocenters. The van der Waals surface area contributed by atoms with Crippen LogP contribution < -0.4 is 5.73 Å². The van der Waals surface area contributed by atoms with Crippen molar-refractivity contribution in [2.24, 2.45) is 11.7 Å². The minimum atomic E-state index is 0.361. The minimum Gasteiger partial charge on any atom is -0.388 e. The molecule has 0 saturated heterocycles. The van der Waals surface area contributed by atoms with Gasteiger partial charge in [-0.05, 0) is 32.1 Å². The molecule has 1 aliphatic rings. The summed E-state index contributed by atoms with van der Waals surface area (Å²) in [5, 5.41) is 8.05. The summed E-state index contributed by atoms with van der Waals surface area (Å²) in [4.78, 5) is 0.361. The lowest BCUT2D eigenvalue weighted by atomic mass is 10.2. The number of hydrogen-bond donors (Lipinski definition) is 1. The number of rotatable bonds is 4. The smallest absolute Gasteiger partial charge is 0.143 e. The molecule has 0 spiro atoms. The first-order chi connectivity index (χ1) is 6.72. The lowest BCUT2D eigenvalue weighted by Gasteiger charge is -2.03. The second kappa shape index (κ2) is 3.65. The third-order valence-electron chi connectivity index (χ3n) is 2.55. The van der Waals surface area contributed by atoms with E-state index in [2.05, 4.69) is 17.2 Å². The maximum Gasteiger partial charge on any atom is 0.143 e. The Bertz CT molecular complexity index is 354. The summed E-state index contributed by atoms with van der Waals surface area (Å²) in [6.45, 7) is 2.88. The van der Waals surface area contributed by atoms with Crippen LogP contribution >= 0.6 is 12.2 Å². The molecular weight excluding hydrogens is 196 g/mol. The van der Waals surface area contributed by atoms with E-state index in [1.807, 2.05) is 4.68 Å². The average molecular weight is 210 g/mol. The van der Waals surface area contributed by atoms with Gasteiger partial charge < -0.3 is 5.73 Å². The van der Waals surface area contributed by atoms with E-state index in [9.17, 15) is 0 Å². The summed E-state index contributed by atoms with van der Waals surface area (Å²) >= 11 is 4.95. The Morgan fingerprint density at radius 1 is 1.64 bits per heavy atom. The zero-order chi connectivity index (χ0) is 10.1. The van der Waals surface area contributed by atoms with Gasteiger partial charge in [0.2, 0.25) is 0 Å². The topological polar surface area (TPSA) is 56.7 Å². The van der Waals surface area contributed by atoms with Crippen molar-refractivity contribution in [3.63, 3.8) is 0 Å². The Balaban J connectivity index is 2.29. The molecule has 14 heavy (non-hydrogen) atoms. The zero-order valence-electron chi connectivity index (χ0n) is 8.23. The molecule has 76 valence electrons. The second-order valence-electron chi connectivity index (χ2n) is 3.71. The van der Waals surface area contributed by atoms with Gasteiger partial charge >= 0.3 is 0 Å². The lowest BCUT2D eigenvalue weighted by Crippen LogP contribution is -2.14. The fourth-order valence-corrected chi connectivity index (χ4v) is 1.73. The van der Waals surface area contributed by atoms with Crippen LogP contribution in [-0.2, 0) is 13.0 Å². The number of hydrogen-bond acceptors (Lipinski definition) is 3. The molecule has 1 saturated carbocycles. The molecule has 0 amide bonds. The number of nitrogens with two attached hydrogens (primary N) is 1. The van der Waals surface area contributed by atoms with Gasteiger partial charge in [-0.1, -0.05) is 17.4 Å². The third-order valence-corrected chi connectivity index (χ3v) is 2.74. The van der Waals surface area contributed by atoms with Gasteiger partial charge in [0.25, 0.3) is 0 Å². The second-order valence-corrected chi connectivity index (χ2v) is 4.15. The first-order valence-corrected chi connectivity index (χ1v) is 5.35. The number of nitrogens with zero attached hydrogens (tertiary/aromatic N) is 3. The van der Waals surface area contributed by atoms with E-state index in [-0.39, 0.29) is 0 Å². The fourth-order valence-electron chi connectivity index (χ4n) is 1.58. The van der Waals surface area contributed by atoms with E-state index >= 15 is 0 Å². The van der Waals surface area contributed by atoms with Crippen molar-refractivity contribution in [2.75, 3.05) is 0 Å². The Kier molecular flexibility index (Phi) is 2.50. The molecule has 1 fully saturated rings. The quantitative estimate of drug-likeness (QED) is 0.750. The molecule has 1 aliphatic carbocycles. The van der Waals surface area contributed by atoms with Crippen LogP contribution in [0.4, 0.5) is 0 Å². The van der Waals surface area contributed by atoms with Crippen LogP contribution in [0, 0.1) is 5.92 Å². The fraction of sp³-hybridized carbons (Fsp3) is 0.667. The van der Waals surface area contributed by atoms with Gasteiger partial charge in [0.15, 0.2) is 0 Å². The summed E-state index contributed by atoms with van der Waals surface area (Å²) in [6.07, 6.45) is 3.64. The van der Waals surface area contributed by atoms with Crippen molar-refractivity contribution in [1.82, 2.24) is 15.0 Å². The predicted molar refractivity (Wildman–Crippen MR) is 58.0 cm³/mol. The Morgan fingerprint density at radius 3 is 2.86 bits per heavy atom. The predicted octanol–water partition coefficient (Wildman–Crippen LogP) is 0.885. The minimum absolute atomic E-state index is 0.361. The van der Waals surface area contributed by atoms with E-state index in [0.29, 0.717) is 10.7 Å². The molecule has 0 aliphatic heterocycles. The highest BCUT2D eigenvalue weighted by atomic mass is 32.1. The van der Waals surface area contributed by atoms with E-state index in [1.165, 1.54) is 12.8 Å². The molecule has 0 radical (unpaired) electrons. The zero-order valence-corrected chi connectivity index (χ0v) is 9.05. The molecule has 4 nitrogen and oxygen atoms in total. The van der Waals surface area contributed by atoms with Crippen LogP contribution in [0.15, 0.2) is 0 Å². The average Bonchev–Trinajstić information content (AvgIpc) is 2.84. The van der Waals surface area contributed by atoms with Crippen molar-refractivity contribution >= 4 is 17.2 Å². The largest absolute Gasteiger partial charge is 0.388 e. The molecule has 2 rings (SSSR count). The van der Waals surface area contributed by atoms with Gasteiger partial charge in [0.05, 0.1) is 5.69 Å². The van der Waals surface area contributed by atoms with Crippen LogP contribution in [0.1, 0.15) is 31.2 Å². The lowest BCUT2D eigenvalue weighted by molar-refractivity contribution is 0.585. The Hall–Kier alpha value is -0.970. The molecule has 0 bridgehead atoms. The number of aromatic nitrogens is 3. The summed E-state index contributed by atoms with van der Waals surface area (Å²) in [5.74, 6) is 0.798. The van der Waals surface area contributed by atoms with E-state index in [0.717, 1.165) is 24.6 Å². The van der Waals surface area contributed by atoms with Gasteiger partial charge in [0.1, 0.15) is 10.7 Å². The van der Waals surface area contributed by atoms with Crippen molar-refractivity contribution in [1.29, 1.82) is 0 Å². The van der Waals surface area contributed by atoms with E-state index in [1.54, 1.807) is 0 Å². The highest BCUT2D eigenvalue weighted by Crippen LogP contribution is 2.33.